The first kappa shape index (κ1) is 12.6. The number of ether oxygens (including phenoxy) is 1. The highest BCUT2D eigenvalue weighted by Crippen LogP contribution is 2.27. The zero-order chi connectivity index (χ0) is 13.1. The second-order valence-corrected chi connectivity index (χ2v) is 4.45. The molecule has 0 saturated carbocycles. The van der Waals surface area contributed by atoms with Crippen molar-refractivity contribution in [2.45, 2.75) is 20.3 Å². The van der Waals surface area contributed by atoms with Crippen LogP contribution in [0.5, 0.6) is 11.6 Å². The minimum atomic E-state index is 0.594. The molecule has 4 heteroatoms. The topological polar surface area (TPSA) is 53.1 Å². The molecule has 1 aromatic heterocycles. The van der Waals surface area contributed by atoms with Gasteiger partial charge in [-0.2, -0.15) is 5.10 Å². The molecule has 0 aliphatic heterocycles. The summed E-state index contributed by atoms with van der Waals surface area (Å²) in [6.07, 6.45) is 0.779. The summed E-state index contributed by atoms with van der Waals surface area (Å²) in [5.41, 5.74) is 8.90. The van der Waals surface area contributed by atoms with E-state index in [2.05, 4.69) is 12.0 Å². The van der Waals surface area contributed by atoms with Gasteiger partial charge in [0.05, 0.1) is 5.69 Å². The molecule has 0 aliphatic carbocycles. The molecule has 0 radical (unpaired) electrons. The number of nitrogens with zero attached hydrogens (tertiary/aromatic N) is 2. The molecule has 4 nitrogen and oxygen atoms in total. The van der Waals surface area contributed by atoms with E-state index in [9.17, 15) is 0 Å². The zero-order valence-electron chi connectivity index (χ0n) is 11.1. The monoisotopic (exact) mass is 245 g/mol. The first-order chi connectivity index (χ1) is 8.61. The molecule has 0 aliphatic rings. The normalized spacial score (nSPS) is 10.7. The van der Waals surface area contributed by atoms with Crippen molar-refractivity contribution in [2.75, 3.05) is 6.54 Å². The fourth-order valence-electron chi connectivity index (χ4n) is 1.96. The number of aryl methyl sites for hydroxylation is 3. The molecule has 0 atom stereocenters. The van der Waals surface area contributed by atoms with Crippen molar-refractivity contribution in [3.8, 4) is 11.6 Å². The Hall–Kier alpha value is -1.81. The highest BCUT2D eigenvalue weighted by atomic mass is 16.5. The van der Waals surface area contributed by atoms with Gasteiger partial charge in [0.2, 0.25) is 5.88 Å². The van der Waals surface area contributed by atoms with Crippen LogP contribution in [-0.2, 0) is 13.5 Å². The van der Waals surface area contributed by atoms with Gasteiger partial charge in [-0.15, -0.1) is 0 Å². The van der Waals surface area contributed by atoms with E-state index in [0.29, 0.717) is 6.54 Å². The van der Waals surface area contributed by atoms with E-state index in [1.165, 1.54) is 5.56 Å². The van der Waals surface area contributed by atoms with Gasteiger partial charge in [-0.3, -0.25) is 0 Å². The van der Waals surface area contributed by atoms with Gasteiger partial charge in [-0.1, -0.05) is 17.7 Å². The Balaban J connectivity index is 2.30. The maximum Gasteiger partial charge on any atom is 0.221 e. The minimum Gasteiger partial charge on any atom is -0.439 e. The second kappa shape index (κ2) is 5.23. The summed E-state index contributed by atoms with van der Waals surface area (Å²) in [6.45, 7) is 4.63. The van der Waals surface area contributed by atoms with E-state index < -0.39 is 0 Å². The first-order valence-electron chi connectivity index (χ1n) is 6.09. The summed E-state index contributed by atoms with van der Waals surface area (Å²) < 4.78 is 7.68. The number of hydrogen-bond acceptors (Lipinski definition) is 3. The Labute approximate surface area is 107 Å². The molecule has 0 unspecified atom stereocenters. The zero-order valence-corrected chi connectivity index (χ0v) is 11.1. The van der Waals surface area contributed by atoms with Crippen molar-refractivity contribution in [3.63, 3.8) is 0 Å². The third-order valence-corrected chi connectivity index (χ3v) is 2.92. The molecule has 0 saturated heterocycles. The van der Waals surface area contributed by atoms with Crippen LogP contribution < -0.4 is 10.5 Å². The van der Waals surface area contributed by atoms with Gasteiger partial charge in [-0.25, -0.2) is 4.68 Å². The summed E-state index contributed by atoms with van der Waals surface area (Å²) in [5, 5.41) is 4.38. The van der Waals surface area contributed by atoms with Gasteiger partial charge in [-0.05, 0) is 38.9 Å². The average molecular weight is 245 g/mol. The molecule has 0 fully saturated rings. The minimum absolute atomic E-state index is 0.594. The summed E-state index contributed by atoms with van der Waals surface area (Å²) in [5.74, 6) is 1.60. The molecular weight excluding hydrogens is 226 g/mol. The van der Waals surface area contributed by atoms with Crippen LogP contribution in [0.4, 0.5) is 0 Å². The highest BCUT2D eigenvalue weighted by molar-refractivity contribution is 5.36. The van der Waals surface area contributed by atoms with Crippen LogP contribution in [0.25, 0.3) is 0 Å². The molecule has 18 heavy (non-hydrogen) atoms. The molecular formula is C14H19N3O. The lowest BCUT2D eigenvalue weighted by molar-refractivity contribution is 0.426. The second-order valence-electron chi connectivity index (χ2n) is 4.45. The lowest BCUT2D eigenvalue weighted by Gasteiger charge is -2.08. The van der Waals surface area contributed by atoms with Crippen LogP contribution in [-0.4, -0.2) is 16.3 Å². The fourth-order valence-corrected chi connectivity index (χ4v) is 1.96. The summed E-state index contributed by atoms with van der Waals surface area (Å²) in [6, 6.07) is 7.98. The summed E-state index contributed by atoms with van der Waals surface area (Å²) >= 11 is 0. The predicted octanol–water partition coefficient (Wildman–Crippen LogP) is 2.33. The van der Waals surface area contributed by atoms with E-state index in [1.807, 2.05) is 38.2 Å². The van der Waals surface area contributed by atoms with Crippen LogP contribution >= 0.6 is 0 Å². The van der Waals surface area contributed by atoms with E-state index in [0.717, 1.165) is 29.3 Å². The number of aromatic nitrogens is 2. The molecule has 2 N–H and O–H groups in total. The molecule has 0 spiro atoms. The van der Waals surface area contributed by atoms with E-state index in [-0.39, 0.29) is 0 Å². The summed E-state index contributed by atoms with van der Waals surface area (Å²) in [4.78, 5) is 0. The number of nitrogens with two attached hydrogens (primary N) is 1. The standard InChI is InChI=1S/C14H19N3O/c1-10-4-6-12(7-5-10)18-14-13(8-9-15)11(2)16-17(14)3/h4-7H,8-9,15H2,1-3H3. The van der Waals surface area contributed by atoms with Gasteiger partial charge in [0, 0.05) is 12.6 Å². The molecule has 2 aromatic rings. The van der Waals surface area contributed by atoms with Gasteiger partial charge in [0.1, 0.15) is 5.75 Å². The van der Waals surface area contributed by atoms with Crippen LogP contribution in [0.3, 0.4) is 0 Å². The molecule has 0 bridgehead atoms. The van der Waals surface area contributed by atoms with Crippen LogP contribution in [0.1, 0.15) is 16.8 Å². The molecule has 2 rings (SSSR count). The van der Waals surface area contributed by atoms with E-state index in [4.69, 9.17) is 10.5 Å². The Kier molecular flexibility index (Phi) is 3.67. The van der Waals surface area contributed by atoms with Crippen LogP contribution in [0.15, 0.2) is 24.3 Å². The summed E-state index contributed by atoms with van der Waals surface area (Å²) in [7, 11) is 1.89. The van der Waals surface area contributed by atoms with Gasteiger partial charge in [0.15, 0.2) is 0 Å². The molecule has 1 heterocycles. The van der Waals surface area contributed by atoms with Crippen molar-refractivity contribution in [1.29, 1.82) is 0 Å². The SMILES string of the molecule is Cc1ccc(Oc2c(CCN)c(C)nn2C)cc1. The van der Waals surface area contributed by atoms with Crippen molar-refractivity contribution in [3.05, 3.63) is 41.1 Å². The average Bonchev–Trinajstić information content (AvgIpc) is 2.59. The lowest BCUT2D eigenvalue weighted by atomic mass is 10.2. The fraction of sp³-hybridized carbons (Fsp3) is 0.357. The number of benzene rings is 1. The highest BCUT2D eigenvalue weighted by Gasteiger charge is 2.14. The largest absolute Gasteiger partial charge is 0.439 e. The molecule has 0 amide bonds. The van der Waals surface area contributed by atoms with Gasteiger partial charge >= 0.3 is 0 Å². The third kappa shape index (κ3) is 2.54. The first-order valence-corrected chi connectivity index (χ1v) is 6.09. The smallest absolute Gasteiger partial charge is 0.221 e. The maximum atomic E-state index is 5.91. The third-order valence-electron chi connectivity index (χ3n) is 2.92. The Morgan fingerprint density at radius 3 is 2.50 bits per heavy atom. The Morgan fingerprint density at radius 1 is 1.22 bits per heavy atom. The number of hydrogen-bond donors (Lipinski definition) is 1. The van der Waals surface area contributed by atoms with Gasteiger partial charge in [0.25, 0.3) is 0 Å². The maximum absolute atomic E-state index is 5.91. The van der Waals surface area contributed by atoms with E-state index in [1.54, 1.807) is 4.68 Å². The molecule has 1 aromatic carbocycles. The van der Waals surface area contributed by atoms with Crippen molar-refractivity contribution in [2.24, 2.45) is 12.8 Å². The Bertz CT molecular complexity index is 529. The van der Waals surface area contributed by atoms with Crippen molar-refractivity contribution >= 4 is 0 Å². The van der Waals surface area contributed by atoms with E-state index >= 15 is 0 Å². The van der Waals surface area contributed by atoms with Crippen LogP contribution in [0.2, 0.25) is 0 Å². The van der Waals surface area contributed by atoms with Gasteiger partial charge < -0.3 is 10.5 Å². The Morgan fingerprint density at radius 2 is 1.89 bits per heavy atom. The van der Waals surface area contributed by atoms with Crippen LogP contribution in [0, 0.1) is 13.8 Å². The lowest BCUT2D eigenvalue weighted by Crippen LogP contribution is -2.04. The molecule has 96 valence electrons. The number of rotatable bonds is 4. The predicted molar refractivity (Wildman–Crippen MR) is 72.0 cm³/mol. The van der Waals surface area contributed by atoms with Crippen molar-refractivity contribution < 1.29 is 4.74 Å². The van der Waals surface area contributed by atoms with Crippen molar-refractivity contribution in [1.82, 2.24) is 9.78 Å². The quantitative estimate of drug-likeness (QED) is 0.899.